The normalized spacial score (nSPS) is 36.0. The number of hydrogen-bond acceptors (Lipinski definition) is 2. The summed E-state index contributed by atoms with van der Waals surface area (Å²) >= 11 is 0. The second-order valence-corrected chi connectivity index (χ2v) is 17.0. The molecule has 9 unspecified atom stereocenters. The van der Waals surface area contributed by atoms with Gasteiger partial charge in [-0.25, -0.2) is 0 Å². The molecule has 2 heteroatoms. The summed E-state index contributed by atoms with van der Waals surface area (Å²) in [5.74, 6) is 5.46. The molecule has 1 heterocycles. The Kier molecular flexibility index (Phi) is 7.20. The van der Waals surface area contributed by atoms with Crippen molar-refractivity contribution in [3.8, 4) is 0 Å². The minimum Gasteiger partial charge on any atom is -0.456 e. The van der Waals surface area contributed by atoms with Gasteiger partial charge in [-0.15, -0.1) is 0 Å². The summed E-state index contributed by atoms with van der Waals surface area (Å²) in [6.45, 7) is 0. The first-order chi connectivity index (χ1) is 25.3. The number of anilines is 1. The van der Waals surface area contributed by atoms with Crippen molar-refractivity contribution in [3.05, 3.63) is 143 Å². The van der Waals surface area contributed by atoms with E-state index >= 15 is 0 Å². The number of fused-ring (bicyclic) bond motifs is 12. The lowest BCUT2D eigenvalue weighted by molar-refractivity contribution is 0.0504. The SMILES string of the molecule is C1=CCCC(C2=CC3=C(CC2)C2C=CC(N(c4ccccc4)C4CC=Cc5oc6ccccc6c54)CC2C32C3CCC=CC3C3CCCCC32)=C1. The van der Waals surface area contributed by atoms with E-state index in [-0.39, 0.29) is 11.5 Å². The van der Waals surface area contributed by atoms with Gasteiger partial charge in [0.05, 0.1) is 6.04 Å². The molecule has 51 heavy (non-hydrogen) atoms. The minimum atomic E-state index is 0.233. The number of benzene rings is 2. The maximum Gasteiger partial charge on any atom is 0.135 e. The van der Waals surface area contributed by atoms with Gasteiger partial charge in [0.1, 0.15) is 11.3 Å². The second kappa shape index (κ2) is 12.0. The molecule has 8 aliphatic carbocycles. The molecule has 8 aliphatic rings. The average molecular weight is 670 g/mol. The van der Waals surface area contributed by atoms with E-state index in [1.807, 2.05) is 11.1 Å². The molecule has 0 aliphatic heterocycles. The van der Waals surface area contributed by atoms with Crippen LogP contribution in [0.4, 0.5) is 5.69 Å². The third-order valence-electron chi connectivity index (χ3n) is 15.1. The predicted octanol–water partition coefficient (Wildman–Crippen LogP) is 12.7. The smallest absolute Gasteiger partial charge is 0.135 e. The zero-order valence-corrected chi connectivity index (χ0v) is 29.9. The van der Waals surface area contributed by atoms with E-state index in [9.17, 15) is 0 Å². The molecule has 0 amide bonds. The van der Waals surface area contributed by atoms with Gasteiger partial charge in [-0.05, 0) is 135 Å². The van der Waals surface area contributed by atoms with Crippen molar-refractivity contribution in [2.24, 2.45) is 40.9 Å². The lowest BCUT2D eigenvalue weighted by atomic mass is 9.54. The summed E-state index contributed by atoms with van der Waals surface area (Å²) in [5.41, 5.74) is 11.0. The molecule has 0 radical (unpaired) electrons. The molecular formula is C49H51NO. The van der Waals surface area contributed by atoms with E-state index in [2.05, 4.69) is 120 Å². The van der Waals surface area contributed by atoms with Crippen molar-refractivity contribution in [2.45, 2.75) is 89.1 Å². The van der Waals surface area contributed by atoms with Crippen molar-refractivity contribution in [1.82, 2.24) is 0 Å². The highest BCUT2D eigenvalue weighted by Crippen LogP contribution is 2.74. The molecule has 3 aromatic rings. The Balaban J connectivity index is 1.07. The largest absolute Gasteiger partial charge is 0.456 e. The quantitative estimate of drug-likeness (QED) is 0.257. The van der Waals surface area contributed by atoms with Crippen LogP contribution in [0, 0.1) is 40.9 Å². The molecule has 258 valence electrons. The summed E-state index contributed by atoms with van der Waals surface area (Å²) in [5, 5.41) is 1.28. The van der Waals surface area contributed by atoms with Crippen LogP contribution in [0.3, 0.4) is 0 Å². The van der Waals surface area contributed by atoms with E-state index in [1.165, 1.54) is 87.3 Å². The molecule has 2 saturated carbocycles. The van der Waals surface area contributed by atoms with E-state index in [0.717, 1.165) is 41.4 Å². The van der Waals surface area contributed by atoms with Crippen LogP contribution in [0.25, 0.3) is 17.0 Å². The fourth-order valence-electron chi connectivity index (χ4n) is 13.5. The standard InChI is InChI=1S/C49H51NO/c1-3-14-32(15-4-1)33-26-28-38-39-29-27-35(31-44(39)49(43(38)30-33)41-21-10-7-18-36(41)37-19-8-11-22-42(37)49)50(34-16-5-2-6-17-34)45-23-13-25-47-48(45)40-20-9-12-24-46(40)51-47/h1-3,5-7,9,12-14,16-18,20,24-25,27,29-30,35-37,39,41-42,44-45H,4,8,10-11,15,19,21-23,26,28,31H2. The highest BCUT2D eigenvalue weighted by atomic mass is 16.3. The van der Waals surface area contributed by atoms with Gasteiger partial charge in [0.25, 0.3) is 0 Å². The van der Waals surface area contributed by atoms with Crippen molar-refractivity contribution >= 4 is 22.7 Å². The fourth-order valence-corrected chi connectivity index (χ4v) is 13.5. The Hall–Kier alpha value is -4.04. The molecule has 1 spiro atoms. The van der Waals surface area contributed by atoms with Crippen LogP contribution in [-0.4, -0.2) is 6.04 Å². The van der Waals surface area contributed by atoms with Crippen LogP contribution in [0.5, 0.6) is 0 Å². The number of allylic oxidation sites excluding steroid dienone is 11. The number of furan rings is 1. The average Bonchev–Trinajstić information content (AvgIpc) is 3.83. The summed E-state index contributed by atoms with van der Waals surface area (Å²) < 4.78 is 6.52. The highest BCUT2D eigenvalue weighted by Gasteiger charge is 2.68. The van der Waals surface area contributed by atoms with Gasteiger partial charge < -0.3 is 9.32 Å². The van der Waals surface area contributed by atoms with Crippen molar-refractivity contribution in [3.63, 3.8) is 0 Å². The lowest BCUT2D eigenvalue weighted by Gasteiger charge is -2.51. The van der Waals surface area contributed by atoms with Crippen LogP contribution in [0.1, 0.15) is 94.4 Å². The van der Waals surface area contributed by atoms with Crippen molar-refractivity contribution < 1.29 is 4.42 Å². The highest BCUT2D eigenvalue weighted by molar-refractivity contribution is 5.86. The first-order valence-electron chi connectivity index (χ1n) is 20.5. The number of para-hydroxylation sites is 2. The predicted molar refractivity (Wildman–Crippen MR) is 210 cm³/mol. The third-order valence-corrected chi connectivity index (χ3v) is 15.1. The second-order valence-electron chi connectivity index (χ2n) is 17.0. The van der Waals surface area contributed by atoms with Crippen molar-refractivity contribution in [1.29, 1.82) is 0 Å². The maximum atomic E-state index is 6.52. The van der Waals surface area contributed by atoms with Gasteiger partial charge in [-0.2, -0.15) is 0 Å². The van der Waals surface area contributed by atoms with Crippen LogP contribution in [0.2, 0.25) is 0 Å². The fraction of sp³-hybridized carbons (Fsp3) is 0.429. The number of nitrogens with zero attached hydrogens (tertiary/aromatic N) is 1. The lowest BCUT2D eigenvalue weighted by Crippen LogP contribution is -2.48. The van der Waals surface area contributed by atoms with E-state index in [1.54, 1.807) is 11.1 Å². The number of hydrogen-bond donors (Lipinski definition) is 0. The molecule has 0 bridgehead atoms. The Labute approximate surface area is 304 Å². The Morgan fingerprint density at radius 3 is 2.57 bits per heavy atom. The molecular weight excluding hydrogens is 619 g/mol. The Morgan fingerprint density at radius 2 is 1.65 bits per heavy atom. The van der Waals surface area contributed by atoms with Gasteiger partial charge in [-0.1, -0.05) is 109 Å². The third kappa shape index (κ3) is 4.47. The Morgan fingerprint density at radius 1 is 0.745 bits per heavy atom. The van der Waals surface area contributed by atoms with Crippen LogP contribution < -0.4 is 4.90 Å². The molecule has 2 aromatic carbocycles. The minimum absolute atomic E-state index is 0.233. The van der Waals surface area contributed by atoms with Crippen LogP contribution >= 0.6 is 0 Å². The zero-order chi connectivity index (χ0) is 33.5. The summed E-state index contributed by atoms with van der Waals surface area (Å²) in [4.78, 5) is 2.83. The summed E-state index contributed by atoms with van der Waals surface area (Å²) in [7, 11) is 0. The van der Waals surface area contributed by atoms with Crippen LogP contribution in [0.15, 0.2) is 136 Å². The summed E-state index contributed by atoms with van der Waals surface area (Å²) in [6, 6.07) is 20.7. The molecule has 2 fully saturated rings. The Bertz CT molecular complexity index is 2080. The topological polar surface area (TPSA) is 16.4 Å². The zero-order valence-electron chi connectivity index (χ0n) is 29.9. The molecule has 0 N–H and O–H groups in total. The van der Waals surface area contributed by atoms with E-state index in [0.29, 0.717) is 17.9 Å². The molecule has 0 saturated heterocycles. The van der Waals surface area contributed by atoms with E-state index in [4.69, 9.17) is 4.42 Å². The van der Waals surface area contributed by atoms with Gasteiger partial charge in [0.2, 0.25) is 0 Å². The number of rotatable bonds is 4. The van der Waals surface area contributed by atoms with Gasteiger partial charge in [0.15, 0.2) is 0 Å². The summed E-state index contributed by atoms with van der Waals surface area (Å²) in [6.07, 6.45) is 40.7. The monoisotopic (exact) mass is 669 g/mol. The van der Waals surface area contributed by atoms with Crippen molar-refractivity contribution in [2.75, 3.05) is 4.90 Å². The first kappa shape index (κ1) is 30.6. The maximum absolute atomic E-state index is 6.52. The van der Waals surface area contributed by atoms with Crippen LogP contribution in [-0.2, 0) is 0 Å². The first-order valence-corrected chi connectivity index (χ1v) is 20.5. The van der Waals surface area contributed by atoms with Gasteiger partial charge >= 0.3 is 0 Å². The molecule has 2 nitrogen and oxygen atoms in total. The molecule has 1 aromatic heterocycles. The van der Waals surface area contributed by atoms with E-state index < -0.39 is 0 Å². The molecule has 11 rings (SSSR count). The molecule has 9 atom stereocenters. The van der Waals surface area contributed by atoms with Gasteiger partial charge in [0, 0.05) is 34.0 Å². The van der Waals surface area contributed by atoms with Gasteiger partial charge in [-0.3, -0.25) is 0 Å².